The van der Waals surface area contributed by atoms with Crippen LogP contribution in [-0.2, 0) is 4.79 Å². The Balaban J connectivity index is 1.73. The van der Waals surface area contributed by atoms with Crippen LogP contribution in [0.3, 0.4) is 0 Å². The Morgan fingerprint density at radius 1 is 0.909 bits per heavy atom. The minimum Gasteiger partial charge on any atom is -0.393 e. The topological polar surface area (TPSA) is 98.0 Å². The number of allylic oxidation sites excluding steroid dienone is 2. The van der Waals surface area contributed by atoms with Crippen LogP contribution < -0.4 is 0 Å². The van der Waals surface area contributed by atoms with Crippen LogP contribution in [-0.4, -0.2) is 49.1 Å². The normalized spacial score (nSPS) is 49.4. The highest BCUT2D eigenvalue weighted by Crippen LogP contribution is 2.70. The lowest BCUT2D eigenvalue weighted by Crippen LogP contribution is -2.74. The minimum absolute atomic E-state index is 0.0669. The van der Waals surface area contributed by atoms with Crippen LogP contribution in [0.4, 0.5) is 0 Å². The molecule has 0 saturated heterocycles. The largest absolute Gasteiger partial charge is 0.393 e. The predicted molar refractivity (Wildman–Crippen MR) is 128 cm³/mol. The van der Waals surface area contributed by atoms with E-state index in [2.05, 4.69) is 46.8 Å². The summed E-state index contributed by atoms with van der Waals surface area (Å²) >= 11 is 0. The number of hydrogen-bond donors (Lipinski definition) is 4. The molecule has 4 aliphatic rings. The molecule has 3 saturated carbocycles. The van der Waals surface area contributed by atoms with Gasteiger partial charge in [0.1, 0.15) is 5.60 Å². The summed E-state index contributed by atoms with van der Waals surface area (Å²) in [5, 5.41) is 46.1. The summed E-state index contributed by atoms with van der Waals surface area (Å²) in [7, 11) is 0. The number of hydrogen-bond acceptors (Lipinski definition) is 5. The van der Waals surface area contributed by atoms with Crippen LogP contribution in [0.5, 0.6) is 0 Å². The molecular weight excluding hydrogens is 416 g/mol. The number of ketones is 1. The smallest absolute Gasteiger partial charge is 0.188 e. The molecule has 4 rings (SSSR count). The summed E-state index contributed by atoms with van der Waals surface area (Å²) in [4.78, 5) is 13.3. The van der Waals surface area contributed by atoms with Crippen LogP contribution in [0.25, 0.3) is 0 Å². The first-order valence-corrected chi connectivity index (χ1v) is 13.0. The number of aliphatic hydroxyl groups is 4. The van der Waals surface area contributed by atoms with Gasteiger partial charge in [-0.15, -0.1) is 0 Å². The zero-order valence-electron chi connectivity index (χ0n) is 21.3. The van der Waals surface area contributed by atoms with Crippen molar-refractivity contribution < 1.29 is 25.2 Å². The zero-order valence-corrected chi connectivity index (χ0v) is 21.3. The fraction of sp³-hybridized carbons (Fsp3) is 0.821. The molecule has 0 aromatic rings. The van der Waals surface area contributed by atoms with E-state index in [1.54, 1.807) is 6.92 Å². The number of carbonyl (C=O) groups excluding carboxylic acids is 1. The van der Waals surface area contributed by atoms with Gasteiger partial charge in [-0.1, -0.05) is 53.7 Å². The Morgan fingerprint density at radius 2 is 1.58 bits per heavy atom. The van der Waals surface area contributed by atoms with Gasteiger partial charge in [0.15, 0.2) is 5.78 Å². The Kier molecular flexibility index (Phi) is 5.89. The first-order chi connectivity index (χ1) is 15.2. The highest BCUT2D eigenvalue weighted by molar-refractivity contribution is 6.00. The summed E-state index contributed by atoms with van der Waals surface area (Å²) in [6.07, 6.45) is 8.21. The van der Waals surface area contributed by atoms with E-state index in [4.69, 9.17) is 0 Å². The van der Waals surface area contributed by atoms with Gasteiger partial charge in [-0.25, -0.2) is 0 Å². The van der Waals surface area contributed by atoms with Crippen LogP contribution in [0.2, 0.25) is 0 Å². The molecule has 5 nitrogen and oxygen atoms in total. The van der Waals surface area contributed by atoms with Gasteiger partial charge in [-0.05, 0) is 73.8 Å². The lowest BCUT2D eigenvalue weighted by atomic mass is 9.42. The summed E-state index contributed by atoms with van der Waals surface area (Å²) in [6, 6.07) is 0. The van der Waals surface area contributed by atoms with Gasteiger partial charge in [0.2, 0.25) is 0 Å². The van der Waals surface area contributed by atoms with Crippen LogP contribution >= 0.6 is 0 Å². The molecule has 186 valence electrons. The van der Waals surface area contributed by atoms with Gasteiger partial charge in [0.25, 0.3) is 0 Å². The molecule has 4 aliphatic carbocycles. The molecule has 0 amide bonds. The summed E-state index contributed by atoms with van der Waals surface area (Å²) < 4.78 is 0. The quantitative estimate of drug-likeness (QED) is 0.477. The van der Waals surface area contributed by atoms with E-state index in [-0.39, 0.29) is 18.3 Å². The molecule has 0 radical (unpaired) electrons. The van der Waals surface area contributed by atoms with E-state index >= 15 is 0 Å². The van der Waals surface area contributed by atoms with Gasteiger partial charge >= 0.3 is 0 Å². The van der Waals surface area contributed by atoms with Crippen molar-refractivity contribution >= 4 is 5.78 Å². The molecule has 0 bridgehead atoms. The predicted octanol–water partition coefficient (Wildman–Crippen LogP) is 3.93. The van der Waals surface area contributed by atoms with E-state index in [0.717, 1.165) is 6.42 Å². The number of fused-ring (bicyclic) bond motifs is 5. The van der Waals surface area contributed by atoms with Crippen molar-refractivity contribution in [1.82, 2.24) is 0 Å². The third-order valence-electron chi connectivity index (χ3n) is 10.9. The second-order valence-corrected chi connectivity index (χ2v) is 12.6. The molecule has 0 spiro atoms. The van der Waals surface area contributed by atoms with Gasteiger partial charge in [-0.3, -0.25) is 4.79 Å². The van der Waals surface area contributed by atoms with E-state index < -0.39 is 39.5 Å². The molecule has 3 fully saturated rings. The van der Waals surface area contributed by atoms with Crippen molar-refractivity contribution in [2.24, 2.45) is 34.5 Å². The first kappa shape index (κ1) is 25.1. The second-order valence-electron chi connectivity index (χ2n) is 12.6. The van der Waals surface area contributed by atoms with Crippen molar-refractivity contribution in [2.45, 2.75) is 109 Å². The molecule has 5 heteroatoms. The second kappa shape index (κ2) is 7.74. The summed E-state index contributed by atoms with van der Waals surface area (Å²) in [5.41, 5.74) is -5.75. The lowest BCUT2D eigenvalue weighted by Gasteiger charge is -2.65. The van der Waals surface area contributed by atoms with Gasteiger partial charge in [-0.2, -0.15) is 0 Å². The Bertz CT molecular complexity index is 878. The summed E-state index contributed by atoms with van der Waals surface area (Å²) in [6.45, 7) is 12.8. The van der Waals surface area contributed by atoms with Gasteiger partial charge < -0.3 is 20.4 Å². The maximum Gasteiger partial charge on any atom is 0.188 e. The lowest BCUT2D eigenvalue weighted by molar-refractivity contribution is -0.237. The van der Waals surface area contributed by atoms with Crippen LogP contribution in [0.15, 0.2) is 23.8 Å². The monoisotopic (exact) mass is 460 g/mol. The molecule has 9 atom stereocenters. The number of rotatable bonds is 4. The Morgan fingerprint density at radius 3 is 2.21 bits per heavy atom. The van der Waals surface area contributed by atoms with E-state index in [1.165, 1.54) is 6.08 Å². The van der Waals surface area contributed by atoms with Crippen molar-refractivity contribution in [3.05, 3.63) is 23.8 Å². The minimum atomic E-state index is -1.81. The van der Waals surface area contributed by atoms with Crippen molar-refractivity contribution in [1.29, 1.82) is 0 Å². The molecule has 33 heavy (non-hydrogen) atoms. The van der Waals surface area contributed by atoms with Crippen LogP contribution in [0, 0.1) is 34.5 Å². The molecule has 4 N–H and O–H groups in total. The van der Waals surface area contributed by atoms with Gasteiger partial charge in [0.05, 0.1) is 17.3 Å². The molecule has 0 aromatic heterocycles. The SMILES string of the molecule is CC(C)[C@@H](C)/C=C/[C@@H](C)[C@H]1CC[C@@]2(O)C3=CC(=O)[C@@]4(O)C[C@@H](O)CC[C@]4(C)[C@@]3(O)CC[C@]12C. The fourth-order valence-electron chi connectivity index (χ4n) is 7.89. The first-order valence-electron chi connectivity index (χ1n) is 13.0. The molecule has 0 heterocycles. The maximum atomic E-state index is 13.3. The van der Waals surface area contributed by atoms with E-state index in [1.807, 2.05) is 0 Å². The highest BCUT2D eigenvalue weighted by Gasteiger charge is 2.74. The van der Waals surface area contributed by atoms with E-state index in [0.29, 0.717) is 49.5 Å². The average molecular weight is 461 g/mol. The van der Waals surface area contributed by atoms with Crippen LogP contribution in [0.1, 0.15) is 86.5 Å². The van der Waals surface area contributed by atoms with Crippen molar-refractivity contribution in [3.63, 3.8) is 0 Å². The standard InChI is InChI=1S/C28H44O5/c1-17(2)18(3)7-8-19(4)21-10-12-26(31)22-15-23(30)28(33)16-20(29)9-11-25(28,6)27(22,32)14-13-24(21,26)5/h7-8,15,17-21,29,31-33H,9-14,16H2,1-6H3/b8-7+/t18-,19+,20-,21+,24+,25+,26+,27+,28-/m0/s1. The Labute approximate surface area is 199 Å². The molecule has 0 unspecified atom stereocenters. The number of aliphatic hydroxyl groups excluding tert-OH is 1. The fourth-order valence-corrected chi connectivity index (χ4v) is 7.89. The molecule has 0 aromatic carbocycles. The third-order valence-corrected chi connectivity index (χ3v) is 10.9. The molecule has 0 aliphatic heterocycles. The molecular formula is C28H44O5. The Hall–Kier alpha value is -1.01. The maximum absolute atomic E-state index is 13.3. The van der Waals surface area contributed by atoms with Crippen molar-refractivity contribution in [2.75, 3.05) is 0 Å². The zero-order chi connectivity index (χ0) is 24.6. The number of carbonyl (C=O) groups is 1. The summed E-state index contributed by atoms with van der Waals surface area (Å²) in [5.74, 6) is 1.08. The van der Waals surface area contributed by atoms with E-state index in [9.17, 15) is 25.2 Å². The highest BCUT2D eigenvalue weighted by atomic mass is 16.3. The van der Waals surface area contributed by atoms with Crippen molar-refractivity contribution in [3.8, 4) is 0 Å². The average Bonchev–Trinajstić information content (AvgIpc) is 3.02. The third kappa shape index (κ3) is 3.15. The van der Waals surface area contributed by atoms with Gasteiger partial charge in [0, 0.05) is 17.3 Å².